The highest BCUT2D eigenvalue weighted by molar-refractivity contribution is 6.01. The van der Waals surface area contributed by atoms with Gasteiger partial charge in [0.25, 0.3) is 5.91 Å². The zero-order valence-electron chi connectivity index (χ0n) is 26.1. The fourth-order valence-corrected chi connectivity index (χ4v) is 5.08. The molecule has 3 aromatic carbocycles. The van der Waals surface area contributed by atoms with Crippen LogP contribution in [0, 0.1) is 0 Å². The molecule has 244 valence electrons. The summed E-state index contributed by atoms with van der Waals surface area (Å²) in [5.74, 6) is -0.830. The summed E-state index contributed by atoms with van der Waals surface area (Å²) >= 11 is 0. The molecule has 0 spiro atoms. The van der Waals surface area contributed by atoms with E-state index in [4.69, 9.17) is 9.47 Å². The van der Waals surface area contributed by atoms with Crippen molar-refractivity contribution in [3.63, 3.8) is 0 Å². The van der Waals surface area contributed by atoms with Crippen molar-refractivity contribution in [3.05, 3.63) is 89.5 Å². The quantitative estimate of drug-likeness (QED) is 0.269. The molecule has 11 heteroatoms. The number of methoxy groups -OCH3 is 1. The summed E-state index contributed by atoms with van der Waals surface area (Å²) in [6, 6.07) is 18.5. The number of aromatic hydroxyl groups is 1. The van der Waals surface area contributed by atoms with Gasteiger partial charge in [-0.05, 0) is 66.8 Å². The lowest BCUT2D eigenvalue weighted by atomic mass is 10.0. The van der Waals surface area contributed by atoms with E-state index < -0.39 is 36.2 Å². The van der Waals surface area contributed by atoms with Crippen LogP contribution >= 0.6 is 0 Å². The van der Waals surface area contributed by atoms with Crippen LogP contribution in [0.2, 0.25) is 0 Å². The summed E-state index contributed by atoms with van der Waals surface area (Å²) in [5.41, 5.74) is 1.96. The van der Waals surface area contributed by atoms with Gasteiger partial charge < -0.3 is 35.8 Å². The number of fused-ring (bicyclic) bond motifs is 1. The molecule has 1 heterocycles. The fourth-order valence-electron chi connectivity index (χ4n) is 5.08. The molecule has 4 rings (SSSR count). The van der Waals surface area contributed by atoms with Crippen LogP contribution in [0.3, 0.4) is 0 Å². The molecule has 5 N–H and O–H groups in total. The number of ether oxygens (including phenoxy) is 2. The lowest BCUT2D eigenvalue weighted by Gasteiger charge is -2.22. The average molecular weight is 631 g/mol. The zero-order valence-corrected chi connectivity index (χ0v) is 26.1. The number of phenols is 1. The van der Waals surface area contributed by atoms with Crippen LogP contribution in [0.25, 0.3) is 0 Å². The van der Waals surface area contributed by atoms with Gasteiger partial charge in [-0.25, -0.2) is 0 Å². The Hall–Kier alpha value is -5.06. The number of nitrogens with one attached hydrogen (secondary N) is 4. The highest BCUT2D eigenvalue weighted by Crippen LogP contribution is 2.19. The number of hydrogen-bond acceptors (Lipinski definition) is 7. The van der Waals surface area contributed by atoms with Crippen molar-refractivity contribution in [3.8, 4) is 17.2 Å². The van der Waals surface area contributed by atoms with E-state index in [1.807, 2.05) is 24.3 Å². The van der Waals surface area contributed by atoms with E-state index in [1.165, 1.54) is 12.1 Å². The second kappa shape index (κ2) is 17.4. The molecule has 46 heavy (non-hydrogen) atoms. The minimum Gasteiger partial charge on any atom is -0.508 e. The number of phenolic OH excluding ortho intramolecular Hbond substituents is 1. The molecular weight excluding hydrogens is 588 g/mol. The predicted molar refractivity (Wildman–Crippen MR) is 173 cm³/mol. The number of rotatable bonds is 7. The van der Waals surface area contributed by atoms with Crippen LogP contribution in [-0.2, 0) is 27.2 Å². The molecule has 2 atom stereocenters. The van der Waals surface area contributed by atoms with Gasteiger partial charge in [0.2, 0.25) is 17.7 Å². The Morgan fingerprint density at radius 1 is 0.913 bits per heavy atom. The summed E-state index contributed by atoms with van der Waals surface area (Å²) in [4.78, 5) is 53.5. The normalized spacial score (nSPS) is 18.3. The first-order chi connectivity index (χ1) is 22.3. The van der Waals surface area contributed by atoms with Crippen molar-refractivity contribution < 1.29 is 33.8 Å². The lowest BCUT2D eigenvalue weighted by molar-refractivity contribution is -0.131. The second-order valence-electron chi connectivity index (χ2n) is 11.2. The van der Waals surface area contributed by atoms with E-state index in [2.05, 4.69) is 21.3 Å². The topological polar surface area (TPSA) is 155 Å². The van der Waals surface area contributed by atoms with E-state index in [9.17, 15) is 24.3 Å². The summed E-state index contributed by atoms with van der Waals surface area (Å²) < 4.78 is 11.1. The van der Waals surface area contributed by atoms with Crippen LogP contribution in [0.5, 0.6) is 17.2 Å². The lowest BCUT2D eigenvalue weighted by Crippen LogP contribution is -2.52. The Kier molecular flexibility index (Phi) is 12.8. The zero-order chi connectivity index (χ0) is 32.7. The largest absolute Gasteiger partial charge is 0.508 e. The third-order valence-corrected chi connectivity index (χ3v) is 7.67. The van der Waals surface area contributed by atoms with Gasteiger partial charge in [-0.15, -0.1) is 0 Å². The molecule has 0 saturated carbocycles. The van der Waals surface area contributed by atoms with Crippen LogP contribution in [-0.4, -0.2) is 67.6 Å². The molecule has 0 unspecified atom stereocenters. The molecular formula is C35H42N4O7. The molecule has 0 radical (unpaired) electrons. The van der Waals surface area contributed by atoms with Crippen molar-refractivity contribution in [1.29, 1.82) is 0 Å². The first-order valence-electron chi connectivity index (χ1n) is 15.6. The summed E-state index contributed by atoms with van der Waals surface area (Å²) in [6.07, 6.45) is 3.56. The van der Waals surface area contributed by atoms with Gasteiger partial charge in [-0.2, -0.15) is 0 Å². The minimum absolute atomic E-state index is 0.0884. The Morgan fingerprint density at radius 2 is 1.63 bits per heavy atom. The standard InChI is InChI=1S/C35H42N4O7/c1-45-27-16-12-24(13-17-27)18-20-37-35(44)30-23-32(41)38-29(22-25-10-14-26(40)15-11-25)34(43)36-19-6-2-3-7-21-46-31-9-5-4-8-28(31)33(42)39-30/h4-5,8-17,29-30,40H,2-3,6-7,18-23H2,1H3,(H,36,43)(H,37,44)(H,38,41)(H,39,42)/t29-,30-/m0/s1. The van der Waals surface area contributed by atoms with E-state index in [0.29, 0.717) is 25.3 Å². The number of benzene rings is 3. The van der Waals surface area contributed by atoms with Crippen LogP contribution in [0.15, 0.2) is 72.8 Å². The number of hydrogen-bond donors (Lipinski definition) is 5. The van der Waals surface area contributed by atoms with Gasteiger partial charge in [0, 0.05) is 19.5 Å². The number of carbonyl (C=O) groups is 4. The Morgan fingerprint density at radius 3 is 2.39 bits per heavy atom. The number of carbonyl (C=O) groups excluding carboxylic acids is 4. The molecule has 1 aliphatic heterocycles. The van der Waals surface area contributed by atoms with Crippen molar-refractivity contribution in [2.45, 2.75) is 57.0 Å². The van der Waals surface area contributed by atoms with Crippen molar-refractivity contribution >= 4 is 23.6 Å². The fraction of sp³-hybridized carbons (Fsp3) is 0.371. The Bertz CT molecular complexity index is 1460. The van der Waals surface area contributed by atoms with Crippen LogP contribution in [0.1, 0.15) is 53.6 Å². The molecule has 4 amide bonds. The van der Waals surface area contributed by atoms with Crippen molar-refractivity contribution in [2.75, 3.05) is 26.8 Å². The third kappa shape index (κ3) is 10.5. The predicted octanol–water partition coefficient (Wildman–Crippen LogP) is 3.04. The Labute approximate surface area is 269 Å². The van der Waals surface area contributed by atoms with E-state index in [-0.39, 0.29) is 30.2 Å². The maximum Gasteiger partial charge on any atom is 0.255 e. The maximum atomic E-state index is 13.5. The van der Waals surface area contributed by atoms with Gasteiger partial charge >= 0.3 is 0 Å². The number of para-hydroxylation sites is 1. The monoisotopic (exact) mass is 630 g/mol. The van der Waals surface area contributed by atoms with Gasteiger partial charge in [0.05, 0.1) is 25.7 Å². The van der Waals surface area contributed by atoms with Crippen LogP contribution < -0.4 is 30.7 Å². The maximum absolute atomic E-state index is 13.5. The summed E-state index contributed by atoms with van der Waals surface area (Å²) in [5, 5.41) is 20.9. The molecule has 0 saturated heterocycles. The van der Waals surface area contributed by atoms with E-state index in [0.717, 1.165) is 42.6 Å². The number of amides is 4. The molecule has 0 bridgehead atoms. The molecule has 11 nitrogen and oxygen atoms in total. The van der Waals surface area contributed by atoms with Crippen LogP contribution in [0.4, 0.5) is 0 Å². The van der Waals surface area contributed by atoms with Crippen molar-refractivity contribution in [1.82, 2.24) is 21.3 Å². The first kappa shape index (κ1) is 33.8. The van der Waals surface area contributed by atoms with Gasteiger partial charge in [-0.1, -0.05) is 49.2 Å². The van der Waals surface area contributed by atoms with Gasteiger partial charge in [0.15, 0.2) is 0 Å². The molecule has 0 aromatic heterocycles. The summed E-state index contributed by atoms with van der Waals surface area (Å²) in [7, 11) is 1.59. The van der Waals surface area contributed by atoms with Gasteiger partial charge in [-0.3, -0.25) is 19.2 Å². The SMILES string of the molecule is COc1ccc(CCNC(=O)[C@@H]2CC(=O)N[C@@H](Cc3ccc(O)cc3)C(=O)NCCCCCCOc3ccccc3C(=O)N2)cc1. The first-order valence-corrected chi connectivity index (χ1v) is 15.6. The highest BCUT2D eigenvalue weighted by Gasteiger charge is 2.28. The molecule has 3 aromatic rings. The molecule has 0 aliphatic carbocycles. The summed E-state index contributed by atoms with van der Waals surface area (Å²) in [6.45, 7) is 1.12. The average Bonchev–Trinajstić information content (AvgIpc) is 3.06. The second-order valence-corrected chi connectivity index (χ2v) is 11.2. The van der Waals surface area contributed by atoms with Crippen molar-refractivity contribution in [2.24, 2.45) is 0 Å². The molecule has 0 fully saturated rings. The smallest absolute Gasteiger partial charge is 0.255 e. The minimum atomic E-state index is -1.23. The Balaban J connectivity index is 1.52. The third-order valence-electron chi connectivity index (χ3n) is 7.67. The molecule has 1 aliphatic rings. The highest BCUT2D eigenvalue weighted by atomic mass is 16.5. The van der Waals surface area contributed by atoms with E-state index >= 15 is 0 Å². The van der Waals surface area contributed by atoms with E-state index in [1.54, 1.807) is 43.5 Å². The van der Waals surface area contributed by atoms with Gasteiger partial charge in [0.1, 0.15) is 29.3 Å².